The van der Waals surface area contributed by atoms with Crippen LogP contribution in [-0.2, 0) is 29.1 Å². The number of hydrogen-bond acceptors (Lipinski definition) is 2. The Morgan fingerprint density at radius 1 is 0.906 bits per heavy atom. The van der Waals surface area contributed by atoms with Crippen molar-refractivity contribution >= 4 is 35.0 Å². The molecule has 1 N–H and O–H groups in total. The van der Waals surface area contributed by atoms with Gasteiger partial charge in [-0.3, -0.25) is 9.59 Å². The number of benzene rings is 3. The third kappa shape index (κ3) is 6.59. The quantitative estimate of drug-likeness (QED) is 0.440. The molecule has 0 spiro atoms. The van der Waals surface area contributed by atoms with Crippen LogP contribution in [0.4, 0.5) is 0 Å². The van der Waals surface area contributed by atoms with Crippen LogP contribution in [0.2, 0.25) is 10.0 Å². The summed E-state index contributed by atoms with van der Waals surface area (Å²) in [5, 5.41) is 3.99. The van der Waals surface area contributed by atoms with Crippen molar-refractivity contribution in [3.05, 3.63) is 106 Å². The van der Waals surface area contributed by atoms with Crippen LogP contribution in [0, 0.1) is 0 Å². The average molecular weight is 469 g/mol. The molecule has 3 rings (SSSR count). The Bertz CT molecular complexity index is 1040. The number of carbonyl (C=O) groups is 2. The second kappa shape index (κ2) is 11.7. The standard InChI is InChI=1S/C26H26Cl2N2O2/c1-2-25(31)30(18-20-11-7-4-8-12-20)24(15-19-9-5-3-6-10-19)26(32)29-17-21-13-14-22(27)16-23(21)28/h3-14,16,24H,2,15,17-18H2,1H3,(H,29,32). The molecule has 0 bridgehead atoms. The van der Waals surface area contributed by atoms with Crippen molar-refractivity contribution in [1.82, 2.24) is 10.2 Å². The second-order valence-corrected chi connectivity index (χ2v) is 8.36. The van der Waals surface area contributed by atoms with E-state index >= 15 is 0 Å². The van der Waals surface area contributed by atoms with Crippen LogP contribution in [0.3, 0.4) is 0 Å². The molecule has 6 heteroatoms. The van der Waals surface area contributed by atoms with Gasteiger partial charge in [0, 0.05) is 36.0 Å². The summed E-state index contributed by atoms with van der Waals surface area (Å²) in [7, 11) is 0. The number of halogens is 2. The fraction of sp³-hybridized carbons (Fsp3) is 0.231. The Labute approximate surface area is 199 Å². The molecular formula is C26H26Cl2N2O2. The summed E-state index contributed by atoms with van der Waals surface area (Å²) in [6.45, 7) is 2.42. The molecule has 0 aliphatic heterocycles. The van der Waals surface area contributed by atoms with Gasteiger partial charge in [-0.25, -0.2) is 0 Å². The van der Waals surface area contributed by atoms with E-state index in [0.29, 0.717) is 29.4 Å². The summed E-state index contributed by atoms with van der Waals surface area (Å²) in [6, 6.07) is 23.9. The Morgan fingerprint density at radius 2 is 1.53 bits per heavy atom. The Kier molecular flexibility index (Phi) is 8.72. The summed E-state index contributed by atoms with van der Waals surface area (Å²) in [4.78, 5) is 28.0. The molecular weight excluding hydrogens is 443 g/mol. The van der Waals surface area contributed by atoms with Crippen LogP contribution in [0.25, 0.3) is 0 Å². The van der Waals surface area contributed by atoms with Crippen LogP contribution >= 0.6 is 23.2 Å². The van der Waals surface area contributed by atoms with Gasteiger partial charge in [0.15, 0.2) is 0 Å². The van der Waals surface area contributed by atoms with E-state index in [0.717, 1.165) is 16.7 Å². The highest BCUT2D eigenvalue weighted by Gasteiger charge is 2.29. The first-order valence-electron chi connectivity index (χ1n) is 10.6. The molecule has 0 saturated carbocycles. The lowest BCUT2D eigenvalue weighted by atomic mass is 10.0. The lowest BCUT2D eigenvalue weighted by Crippen LogP contribution is -2.50. The number of nitrogens with zero attached hydrogens (tertiary/aromatic N) is 1. The lowest BCUT2D eigenvalue weighted by Gasteiger charge is -2.31. The monoisotopic (exact) mass is 468 g/mol. The molecule has 0 aliphatic carbocycles. The average Bonchev–Trinajstić information content (AvgIpc) is 2.81. The minimum Gasteiger partial charge on any atom is -0.350 e. The van der Waals surface area contributed by atoms with Gasteiger partial charge in [-0.1, -0.05) is 96.9 Å². The molecule has 0 heterocycles. The van der Waals surface area contributed by atoms with Crippen molar-refractivity contribution in [3.8, 4) is 0 Å². The van der Waals surface area contributed by atoms with Crippen molar-refractivity contribution in [2.75, 3.05) is 0 Å². The van der Waals surface area contributed by atoms with E-state index in [1.807, 2.05) is 67.6 Å². The van der Waals surface area contributed by atoms with Crippen LogP contribution in [0.15, 0.2) is 78.9 Å². The Balaban J connectivity index is 1.86. The topological polar surface area (TPSA) is 49.4 Å². The molecule has 1 unspecified atom stereocenters. The molecule has 4 nitrogen and oxygen atoms in total. The number of amides is 2. The van der Waals surface area contributed by atoms with Gasteiger partial charge in [0.25, 0.3) is 0 Å². The van der Waals surface area contributed by atoms with Crippen molar-refractivity contribution in [1.29, 1.82) is 0 Å². The van der Waals surface area contributed by atoms with Gasteiger partial charge in [0.2, 0.25) is 11.8 Å². The number of hydrogen-bond donors (Lipinski definition) is 1. The first-order chi connectivity index (χ1) is 15.5. The van der Waals surface area contributed by atoms with E-state index < -0.39 is 6.04 Å². The van der Waals surface area contributed by atoms with Crippen molar-refractivity contribution in [2.24, 2.45) is 0 Å². The van der Waals surface area contributed by atoms with Gasteiger partial charge >= 0.3 is 0 Å². The van der Waals surface area contributed by atoms with Gasteiger partial charge in [-0.2, -0.15) is 0 Å². The van der Waals surface area contributed by atoms with E-state index in [9.17, 15) is 9.59 Å². The predicted octanol–water partition coefficient (Wildman–Crippen LogP) is 5.66. The molecule has 2 amide bonds. The SMILES string of the molecule is CCC(=O)N(Cc1ccccc1)C(Cc1ccccc1)C(=O)NCc1ccc(Cl)cc1Cl. The zero-order valence-electron chi connectivity index (χ0n) is 17.9. The van der Waals surface area contributed by atoms with E-state index in [-0.39, 0.29) is 18.4 Å². The number of rotatable bonds is 9. The van der Waals surface area contributed by atoms with Crippen LogP contribution < -0.4 is 5.32 Å². The zero-order valence-corrected chi connectivity index (χ0v) is 19.4. The normalized spacial score (nSPS) is 11.6. The molecule has 0 saturated heterocycles. The van der Waals surface area contributed by atoms with E-state index in [2.05, 4.69) is 5.32 Å². The molecule has 0 fully saturated rings. The summed E-state index contributed by atoms with van der Waals surface area (Å²) in [5.41, 5.74) is 2.72. The van der Waals surface area contributed by atoms with Crippen LogP contribution in [-0.4, -0.2) is 22.8 Å². The maximum atomic E-state index is 13.4. The fourth-order valence-corrected chi connectivity index (χ4v) is 3.98. The molecule has 0 aromatic heterocycles. The summed E-state index contributed by atoms with van der Waals surface area (Å²) < 4.78 is 0. The highest BCUT2D eigenvalue weighted by molar-refractivity contribution is 6.35. The predicted molar refractivity (Wildman–Crippen MR) is 130 cm³/mol. The van der Waals surface area contributed by atoms with Gasteiger partial charge in [-0.15, -0.1) is 0 Å². The minimum atomic E-state index is -0.656. The van der Waals surface area contributed by atoms with Crippen molar-refractivity contribution in [3.63, 3.8) is 0 Å². The van der Waals surface area contributed by atoms with Gasteiger partial charge in [-0.05, 0) is 28.8 Å². The smallest absolute Gasteiger partial charge is 0.243 e. The third-order valence-electron chi connectivity index (χ3n) is 5.24. The van der Waals surface area contributed by atoms with Crippen molar-refractivity contribution in [2.45, 2.75) is 38.9 Å². The number of nitrogens with one attached hydrogen (secondary N) is 1. The molecule has 0 radical (unpaired) electrons. The van der Waals surface area contributed by atoms with E-state index in [4.69, 9.17) is 23.2 Å². The maximum Gasteiger partial charge on any atom is 0.243 e. The molecule has 166 valence electrons. The van der Waals surface area contributed by atoms with Gasteiger partial charge in [0.1, 0.15) is 6.04 Å². The van der Waals surface area contributed by atoms with Crippen LogP contribution in [0.1, 0.15) is 30.0 Å². The summed E-state index contributed by atoms with van der Waals surface area (Å²) in [6.07, 6.45) is 0.730. The highest BCUT2D eigenvalue weighted by atomic mass is 35.5. The summed E-state index contributed by atoms with van der Waals surface area (Å²) in [5.74, 6) is -0.299. The summed E-state index contributed by atoms with van der Waals surface area (Å²) >= 11 is 12.2. The molecule has 32 heavy (non-hydrogen) atoms. The first kappa shape index (κ1) is 23.8. The van der Waals surface area contributed by atoms with E-state index in [1.54, 1.807) is 23.1 Å². The molecule has 0 aliphatic rings. The molecule has 1 atom stereocenters. The second-order valence-electron chi connectivity index (χ2n) is 7.52. The van der Waals surface area contributed by atoms with Gasteiger partial charge in [0.05, 0.1) is 0 Å². The van der Waals surface area contributed by atoms with E-state index in [1.165, 1.54) is 0 Å². The Hall–Kier alpha value is -2.82. The minimum absolute atomic E-state index is 0.0746. The Morgan fingerprint density at radius 3 is 2.12 bits per heavy atom. The first-order valence-corrected chi connectivity index (χ1v) is 11.3. The van der Waals surface area contributed by atoms with Crippen molar-refractivity contribution < 1.29 is 9.59 Å². The number of carbonyl (C=O) groups excluding carboxylic acids is 2. The lowest BCUT2D eigenvalue weighted by molar-refractivity contribution is -0.141. The zero-order chi connectivity index (χ0) is 22.9. The third-order valence-corrected chi connectivity index (χ3v) is 5.82. The fourth-order valence-electron chi connectivity index (χ4n) is 3.50. The molecule has 3 aromatic carbocycles. The largest absolute Gasteiger partial charge is 0.350 e. The van der Waals surface area contributed by atoms with Gasteiger partial charge < -0.3 is 10.2 Å². The highest BCUT2D eigenvalue weighted by Crippen LogP contribution is 2.21. The maximum absolute atomic E-state index is 13.4. The van der Waals surface area contributed by atoms with Crippen LogP contribution in [0.5, 0.6) is 0 Å². The molecule has 3 aromatic rings.